The van der Waals surface area contributed by atoms with Crippen LogP contribution >= 0.6 is 0 Å². The van der Waals surface area contributed by atoms with Crippen LogP contribution < -0.4 is 4.72 Å². The first-order chi connectivity index (χ1) is 8.94. The monoisotopic (exact) mass is 284 g/mol. The van der Waals surface area contributed by atoms with Crippen LogP contribution in [0.1, 0.15) is 11.1 Å². The molecule has 1 atom stereocenters. The first-order valence-electron chi connectivity index (χ1n) is 6.36. The zero-order chi connectivity index (χ0) is 13.9. The van der Waals surface area contributed by atoms with E-state index in [2.05, 4.69) is 21.8 Å². The Morgan fingerprint density at radius 1 is 1.37 bits per heavy atom. The molecule has 1 aliphatic heterocycles. The number of nitrogens with zero attached hydrogens (tertiary/aromatic N) is 1. The van der Waals surface area contributed by atoms with Crippen molar-refractivity contribution in [1.82, 2.24) is 9.62 Å². The van der Waals surface area contributed by atoms with Crippen molar-refractivity contribution in [3.8, 4) is 0 Å². The third kappa shape index (κ3) is 4.58. The lowest BCUT2D eigenvalue weighted by molar-refractivity contribution is 0.108. The molecular weight excluding hydrogens is 264 g/mol. The van der Waals surface area contributed by atoms with Gasteiger partial charge in [-0.1, -0.05) is 24.3 Å². The summed E-state index contributed by atoms with van der Waals surface area (Å²) in [5.41, 5.74) is 2.65. The molecule has 5 nitrogen and oxygen atoms in total. The molecule has 2 rings (SSSR count). The summed E-state index contributed by atoms with van der Waals surface area (Å²) < 4.78 is 24.2. The molecule has 1 heterocycles. The average molecular weight is 284 g/mol. The van der Waals surface area contributed by atoms with Gasteiger partial charge in [-0.15, -0.1) is 0 Å². The highest BCUT2D eigenvalue weighted by Gasteiger charge is 2.18. The summed E-state index contributed by atoms with van der Waals surface area (Å²) in [6.07, 6.45) is 1.39. The second kappa shape index (κ2) is 6.00. The van der Waals surface area contributed by atoms with Gasteiger partial charge in [0.15, 0.2) is 0 Å². The summed E-state index contributed by atoms with van der Waals surface area (Å²) >= 11 is 0. The minimum atomic E-state index is -3.24. The fraction of sp³-hybridized carbons (Fsp3) is 0.538. The molecule has 106 valence electrons. The number of β-amino-alcohol motifs (C(OH)–C–C–N with tert-alkyl or cyclic N) is 1. The highest BCUT2D eigenvalue weighted by Crippen LogP contribution is 2.18. The number of fused-ring (bicyclic) bond motifs is 1. The highest BCUT2D eigenvalue weighted by molar-refractivity contribution is 7.88. The average Bonchev–Trinajstić information content (AvgIpc) is 2.35. The Balaban J connectivity index is 1.85. The Morgan fingerprint density at radius 3 is 2.74 bits per heavy atom. The van der Waals surface area contributed by atoms with Crippen LogP contribution in [0.15, 0.2) is 24.3 Å². The zero-order valence-corrected chi connectivity index (χ0v) is 11.9. The molecule has 0 amide bonds. The zero-order valence-electron chi connectivity index (χ0n) is 11.0. The molecule has 19 heavy (non-hydrogen) atoms. The Morgan fingerprint density at radius 2 is 2.05 bits per heavy atom. The van der Waals surface area contributed by atoms with Crippen molar-refractivity contribution in [2.24, 2.45) is 0 Å². The summed E-state index contributed by atoms with van der Waals surface area (Å²) in [7, 11) is -3.24. The normalized spacial score (nSPS) is 18.0. The van der Waals surface area contributed by atoms with E-state index in [1.165, 1.54) is 11.1 Å². The van der Waals surface area contributed by atoms with Gasteiger partial charge in [-0.25, -0.2) is 13.1 Å². The first-order valence-corrected chi connectivity index (χ1v) is 8.25. The number of rotatable bonds is 5. The fourth-order valence-corrected chi connectivity index (χ4v) is 2.82. The van der Waals surface area contributed by atoms with E-state index in [-0.39, 0.29) is 6.54 Å². The Bertz CT molecular complexity index is 530. The number of nitrogens with one attached hydrogen (secondary N) is 1. The number of benzene rings is 1. The predicted octanol–water partition coefficient (Wildman–Crippen LogP) is -0.0452. The minimum absolute atomic E-state index is 0.0664. The maximum absolute atomic E-state index is 11.0. The van der Waals surface area contributed by atoms with E-state index in [0.717, 1.165) is 25.8 Å². The molecule has 0 spiro atoms. The first kappa shape index (κ1) is 14.5. The van der Waals surface area contributed by atoms with Crippen LogP contribution in [0.5, 0.6) is 0 Å². The van der Waals surface area contributed by atoms with Crippen molar-refractivity contribution in [1.29, 1.82) is 0 Å². The number of sulfonamides is 1. The lowest BCUT2D eigenvalue weighted by Gasteiger charge is -2.30. The Hall–Kier alpha value is -0.950. The predicted molar refractivity (Wildman–Crippen MR) is 74.3 cm³/mol. The van der Waals surface area contributed by atoms with Crippen molar-refractivity contribution in [3.05, 3.63) is 35.4 Å². The summed E-state index contributed by atoms with van der Waals surface area (Å²) in [4.78, 5) is 2.15. The molecule has 1 unspecified atom stereocenters. The Kier molecular flexibility index (Phi) is 4.57. The molecule has 0 aromatic heterocycles. The molecule has 0 bridgehead atoms. The second-order valence-electron chi connectivity index (χ2n) is 5.03. The molecule has 0 radical (unpaired) electrons. The molecule has 2 N–H and O–H groups in total. The van der Waals surface area contributed by atoms with Crippen molar-refractivity contribution >= 4 is 10.0 Å². The molecule has 1 aromatic carbocycles. The van der Waals surface area contributed by atoms with E-state index in [1.807, 2.05) is 12.1 Å². The van der Waals surface area contributed by atoms with Crippen LogP contribution in [0.4, 0.5) is 0 Å². The molecular formula is C13H20N2O3S. The molecule has 0 saturated heterocycles. The summed E-state index contributed by atoms with van der Waals surface area (Å²) in [5.74, 6) is 0. The van der Waals surface area contributed by atoms with Crippen LogP contribution in [0.3, 0.4) is 0 Å². The molecule has 1 aliphatic rings. The van der Waals surface area contributed by atoms with Crippen molar-refractivity contribution in [2.75, 3.05) is 25.9 Å². The van der Waals surface area contributed by atoms with Gasteiger partial charge in [0, 0.05) is 26.2 Å². The fourth-order valence-electron chi connectivity index (χ4n) is 2.32. The van der Waals surface area contributed by atoms with Gasteiger partial charge < -0.3 is 5.11 Å². The quantitative estimate of drug-likeness (QED) is 0.796. The standard InChI is InChI=1S/C13H20N2O3S/c1-19(17,18)14-8-13(16)10-15-7-6-11-4-2-3-5-12(11)9-15/h2-5,13-14,16H,6-10H2,1H3. The van der Waals surface area contributed by atoms with Gasteiger partial charge in [0.1, 0.15) is 0 Å². The number of hydrogen-bond donors (Lipinski definition) is 2. The lowest BCUT2D eigenvalue weighted by atomic mass is 10.00. The van der Waals surface area contributed by atoms with Crippen LogP contribution in [-0.4, -0.2) is 50.4 Å². The van der Waals surface area contributed by atoms with Gasteiger partial charge in [0.25, 0.3) is 0 Å². The molecule has 6 heteroatoms. The largest absolute Gasteiger partial charge is 0.390 e. The molecule has 0 saturated carbocycles. The summed E-state index contributed by atoms with van der Waals surface area (Å²) in [6, 6.07) is 8.29. The smallest absolute Gasteiger partial charge is 0.208 e. The highest BCUT2D eigenvalue weighted by atomic mass is 32.2. The van der Waals surface area contributed by atoms with E-state index in [9.17, 15) is 13.5 Å². The SMILES string of the molecule is CS(=O)(=O)NCC(O)CN1CCc2ccccc2C1. The van der Waals surface area contributed by atoms with E-state index in [0.29, 0.717) is 6.54 Å². The second-order valence-corrected chi connectivity index (χ2v) is 6.86. The van der Waals surface area contributed by atoms with Gasteiger partial charge >= 0.3 is 0 Å². The summed E-state index contributed by atoms with van der Waals surface area (Å²) in [5, 5.41) is 9.84. The molecule has 0 aliphatic carbocycles. The van der Waals surface area contributed by atoms with Gasteiger partial charge in [-0.05, 0) is 17.5 Å². The van der Waals surface area contributed by atoms with Crippen LogP contribution in [-0.2, 0) is 23.0 Å². The van der Waals surface area contributed by atoms with Crippen molar-refractivity contribution in [2.45, 2.75) is 19.1 Å². The number of aliphatic hydroxyl groups excluding tert-OH is 1. The van der Waals surface area contributed by atoms with Crippen LogP contribution in [0.25, 0.3) is 0 Å². The van der Waals surface area contributed by atoms with Gasteiger partial charge in [-0.2, -0.15) is 0 Å². The van der Waals surface area contributed by atoms with Gasteiger partial charge in [-0.3, -0.25) is 4.90 Å². The van der Waals surface area contributed by atoms with Crippen molar-refractivity contribution < 1.29 is 13.5 Å². The maximum Gasteiger partial charge on any atom is 0.208 e. The minimum Gasteiger partial charge on any atom is -0.390 e. The molecule has 0 fully saturated rings. The van der Waals surface area contributed by atoms with Crippen molar-refractivity contribution in [3.63, 3.8) is 0 Å². The van der Waals surface area contributed by atoms with E-state index < -0.39 is 16.1 Å². The number of aliphatic hydroxyl groups is 1. The topological polar surface area (TPSA) is 69.6 Å². The van der Waals surface area contributed by atoms with Crippen LogP contribution in [0, 0.1) is 0 Å². The lowest BCUT2D eigenvalue weighted by Crippen LogP contribution is -2.41. The Labute approximate surface area is 114 Å². The van der Waals surface area contributed by atoms with Gasteiger partial charge in [0.05, 0.1) is 12.4 Å². The molecule has 1 aromatic rings. The number of hydrogen-bond acceptors (Lipinski definition) is 4. The summed E-state index contributed by atoms with van der Waals surface area (Å²) in [6.45, 7) is 2.26. The van der Waals surface area contributed by atoms with E-state index in [4.69, 9.17) is 0 Å². The van der Waals surface area contributed by atoms with E-state index in [1.54, 1.807) is 0 Å². The van der Waals surface area contributed by atoms with Gasteiger partial charge in [0.2, 0.25) is 10.0 Å². The van der Waals surface area contributed by atoms with Crippen LogP contribution in [0.2, 0.25) is 0 Å². The third-order valence-corrected chi connectivity index (χ3v) is 3.95. The maximum atomic E-state index is 11.0. The van der Waals surface area contributed by atoms with E-state index >= 15 is 0 Å². The third-order valence-electron chi connectivity index (χ3n) is 3.26.